The highest BCUT2D eigenvalue weighted by Crippen LogP contribution is 2.27. The summed E-state index contributed by atoms with van der Waals surface area (Å²) in [6, 6.07) is 13.6. The molecule has 2 N–H and O–H groups in total. The molecule has 4 rings (SSSR count). The second kappa shape index (κ2) is 8.70. The number of nitrogens with one attached hydrogen (secondary N) is 2. The first-order valence-electron chi connectivity index (χ1n) is 9.23. The number of hydrogen-bond donors (Lipinski definition) is 2. The topological polar surface area (TPSA) is 84.4 Å². The van der Waals surface area contributed by atoms with Crippen LogP contribution >= 0.6 is 0 Å². The Morgan fingerprint density at radius 3 is 2.48 bits per heavy atom. The number of halogens is 1. The molecule has 0 unspecified atom stereocenters. The number of morpholine rings is 1. The van der Waals surface area contributed by atoms with E-state index in [1.807, 2.05) is 29.2 Å². The molecular formula is C20H21FN6O2. The predicted octanol–water partition coefficient (Wildman–Crippen LogP) is 3.34. The average molecular weight is 396 g/mol. The first-order chi connectivity index (χ1) is 14.2. The summed E-state index contributed by atoms with van der Waals surface area (Å²) in [7, 11) is 1.60. The summed E-state index contributed by atoms with van der Waals surface area (Å²) in [5.41, 5.74) is 1.28. The van der Waals surface area contributed by atoms with Crippen LogP contribution in [0.1, 0.15) is 0 Å². The lowest BCUT2D eigenvalue weighted by molar-refractivity contribution is 0.122. The van der Waals surface area contributed by atoms with Crippen molar-refractivity contribution >= 4 is 29.2 Å². The Labute approximate surface area is 167 Å². The standard InChI is InChI=1S/C20H21FN6O2/c1-28-17-8-3-2-7-16(17)23-19-24-18(22-15-6-4-5-14(21)13-15)25-20(26-19)27-9-11-29-12-10-27/h2-8,13H,9-12H2,1H3,(H2,22,23,24,25,26). The number of rotatable bonds is 6. The summed E-state index contributed by atoms with van der Waals surface area (Å²) in [6.07, 6.45) is 0. The van der Waals surface area contributed by atoms with Crippen molar-refractivity contribution < 1.29 is 13.9 Å². The zero-order chi connectivity index (χ0) is 20.1. The molecule has 0 aliphatic carbocycles. The Morgan fingerprint density at radius 1 is 0.966 bits per heavy atom. The average Bonchev–Trinajstić information content (AvgIpc) is 2.75. The van der Waals surface area contributed by atoms with Crippen LogP contribution in [0, 0.1) is 5.82 Å². The fourth-order valence-corrected chi connectivity index (χ4v) is 2.95. The van der Waals surface area contributed by atoms with Crippen LogP contribution < -0.4 is 20.3 Å². The first-order valence-corrected chi connectivity index (χ1v) is 9.23. The van der Waals surface area contributed by atoms with Crippen LogP contribution in [0.3, 0.4) is 0 Å². The molecule has 1 fully saturated rings. The van der Waals surface area contributed by atoms with Gasteiger partial charge in [0.15, 0.2) is 0 Å². The molecule has 1 aliphatic rings. The van der Waals surface area contributed by atoms with Gasteiger partial charge in [-0.05, 0) is 30.3 Å². The smallest absolute Gasteiger partial charge is 0.233 e. The van der Waals surface area contributed by atoms with Gasteiger partial charge < -0.3 is 25.0 Å². The number of nitrogens with zero attached hydrogens (tertiary/aromatic N) is 4. The zero-order valence-electron chi connectivity index (χ0n) is 15.9. The van der Waals surface area contributed by atoms with Gasteiger partial charge in [-0.3, -0.25) is 0 Å². The second-order valence-electron chi connectivity index (χ2n) is 6.34. The number of ether oxygens (including phenoxy) is 2. The molecule has 0 amide bonds. The van der Waals surface area contributed by atoms with Crippen molar-refractivity contribution in [1.82, 2.24) is 15.0 Å². The lowest BCUT2D eigenvalue weighted by atomic mass is 10.3. The maximum Gasteiger partial charge on any atom is 0.233 e. The molecule has 9 heteroatoms. The van der Waals surface area contributed by atoms with Crippen molar-refractivity contribution in [2.24, 2.45) is 0 Å². The van der Waals surface area contributed by atoms with E-state index in [4.69, 9.17) is 9.47 Å². The van der Waals surface area contributed by atoms with Crippen LogP contribution in [0.5, 0.6) is 5.75 Å². The molecule has 0 saturated carbocycles. The van der Waals surface area contributed by atoms with Crippen molar-refractivity contribution in [3.8, 4) is 5.75 Å². The largest absolute Gasteiger partial charge is 0.495 e. The predicted molar refractivity (Wildman–Crippen MR) is 109 cm³/mol. The Morgan fingerprint density at radius 2 is 1.72 bits per heavy atom. The number of benzene rings is 2. The fraction of sp³-hybridized carbons (Fsp3) is 0.250. The molecule has 8 nitrogen and oxygen atoms in total. The monoisotopic (exact) mass is 396 g/mol. The van der Waals surface area contributed by atoms with Gasteiger partial charge in [0.2, 0.25) is 17.8 Å². The number of methoxy groups -OCH3 is 1. The van der Waals surface area contributed by atoms with Crippen LogP contribution in [0.4, 0.5) is 33.6 Å². The number of hydrogen-bond acceptors (Lipinski definition) is 8. The Bertz CT molecular complexity index is 981. The van der Waals surface area contributed by atoms with E-state index < -0.39 is 0 Å². The van der Waals surface area contributed by atoms with E-state index in [1.165, 1.54) is 12.1 Å². The minimum atomic E-state index is -0.343. The third kappa shape index (κ3) is 4.69. The zero-order valence-corrected chi connectivity index (χ0v) is 15.9. The molecule has 150 valence electrons. The number of anilines is 5. The van der Waals surface area contributed by atoms with Gasteiger partial charge in [-0.2, -0.15) is 15.0 Å². The van der Waals surface area contributed by atoms with Crippen molar-refractivity contribution in [1.29, 1.82) is 0 Å². The maximum atomic E-state index is 13.5. The lowest BCUT2D eigenvalue weighted by Crippen LogP contribution is -2.37. The Kier molecular flexibility index (Phi) is 5.66. The minimum Gasteiger partial charge on any atom is -0.495 e. The van der Waals surface area contributed by atoms with Gasteiger partial charge in [0, 0.05) is 18.8 Å². The van der Waals surface area contributed by atoms with E-state index in [9.17, 15) is 4.39 Å². The molecule has 29 heavy (non-hydrogen) atoms. The van der Waals surface area contributed by atoms with E-state index in [0.717, 1.165) is 5.69 Å². The number of aromatic nitrogens is 3. The Hall–Kier alpha value is -3.46. The van der Waals surface area contributed by atoms with Gasteiger partial charge in [-0.1, -0.05) is 18.2 Å². The van der Waals surface area contributed by atoms with Crippen LogP contribution in [0.25, 0.3) is 0 Å². The van der Waals surface area contributed by atoms with Gasteiger partial charge in [0.05, 0.1) is 26.0 Å². The summed E-state index contributed by atoms with van der Waals surface area (Å²) in [5.74, 6) is 1.50. The molecular weight excluding hydrogens is 375 g/mol. The molecule has 0 radical (unpaired) electrons. The van der Waals surface area contributed by atoms with Crippen LogP contribution in [0.15, 0.2) is 48.5 Å². The maximum absolute atomic E-state index is 13.5. The lowest BCUT2D eigenvalue weighted by Gasteiger charge is -2.27. The van der Waals surface area contributed by atoms with E-state index >= 15 is 0 Å². The fourth-order valence-electron chi connectivity index (χ4n) is 2.95. The summed E-state index contributed by atoms with van der Waals surface area (Å²) in [4.78, 5) is 15.5. The van der Waals surface area contributed by atoms with Crippen LogP contribution in [0.2, 0.25) is 0 Å². The SMILES string of the molecule is COc1ccccc1Nc1nc(Nc2cccc(F)c2)nc(N2CCOCC2)n1. The summed E-state index contributed by atoms with van der Waals surface area (Å²) in [5, 5.41) is 6.23. The van der Waals surface area contributed by atoms with Crippen LogP contribution in [-0.2, 0) is 4.74 Å². The molecule has 0 bridgehead atoms. The van der Waals surface area contributed by atoms with Crippen molar-refractivity contribution in [2.45, 2.75) is 0 Å². The van der Waals surface area contributed by atoms with E-state index in [-0.39, 0.29) is 5.82 Å². The van der Waals surface area contributed by atoms with Crippen molar-refractivity contribution in [3.63, 3.8) is 0 Å². The molecule has 2 heterocycles. The molecule has 1 saturated heterocycles. The quantitative estimate of drug-likeness (QED) is 0.656. The van der Waals surface area contributed by atoms with Gasteiger partial charge in [0.25, 0.3) is 0 Å². The summed E-state index contributed by atoms with van der Waals surface area (Å²) in [6.45, 7) is 2.57. The van der Waals surface area contributed by atoms with E-state index in [0.29, 0.717) is 55.6 Å². The Balaban J connectivity index is 1.67. The summed E-state index contributed by atoms with van der Waals surface area (Å²) >= 11 is 0. The molecule has 3 aromatic rings. The minimum absolute atomic E-state index is 0.310. The first kappa shape index (κ1) is 18.9. The van der Waals surface area contributed by atoms with Gasteiger partial charge in [-0.15, -0.1) is 0 Å². The number of para-hydroxylation sites is 2. The van der Waals surface area contributed by atoms with E-state index in [1.54, 1.807) is 19.2 Å². The third-order valence-electron chi connectivity index (χ3n) is 4.35. The summed E-state index contributed by atoms with van der Waals surface area (Å²) < 4.78 is 24.3. The normalized spacial score (nSPS) is 13.8. The highest BCUT2D eigenvalue weighted by molar-refractivity contribution is 5.64. The molecule has 0 atom stereocenters. The highest BCUT2D eigenvalue weighted by Gasteiger charge is 2.17. The van der Waals surface area contributed by atoms with Gasteiger partial charge in [-0.25, -0.2) is 4.39 Å². The van der Waals surface area contributed by atoms with E-state index in [2.05, 4.69) is 25.6 Å². The van der Waals surface area contributed by atoms with Crippen molar-refractivity contribution in [2.75, 3.05) is 48.9 Å². The molecule has 1 aliphatic heterocycles. The molecule has 0 spiro atoms. The van der Waals surface area contributed by atoms with Crippen molar-refractivity contribution in [3.05, 3.63) is 54.3 Å². The highest BCUT2D eigenvalue weighted by atomic mass is 19.1. The second-order valence-corrected chi connectivity index (χ2v) is 6.34. The third-order valence-corrected chi connectivity index (χ3v) is 4.35. The molecule has 2 aromatic carbocycles. The molecule has 1 aromatic heterocycles. The van der Waals surface area contributed by atoms with Gasteiger partial charge >= 0.3 is 0 Å². The van der Waals surface area contributed by atoms with Crippen LogP contribution in [-0.4, -0.2) is 48.4 Å². The van der Waals surface area contributed by atoms with Gasteiger partial charge in [0.1, 0.15) is 11.6 Å².